The average Bonchev–Trinajstić information content (AvgIpc) is 3.45. The first-order chi connectivity index (χ1) is 20.1. The second-order valence-corrected chi connectivity index (χ2v) is 10.3. The second-order valence-electron chi connectivity index (χ2n) is 10.3. The van der Waals surface area contributed by atoms with Crippen LogP contribution in [0.4, 0.5) is 34.6 Å². The summed E-state index contributed by atoms with van der Waals surface area (Å²) in [5.74, 6) is -0.387. The van der Waals surface area contributed by atoms with Crippen molar-refractivity contribution in [3.8, 4) is 17.2 Å². The number of ether oxygens (including phenoxy) is 3. The van der Waals surface area contributed by atoms with Gasteiger partial charge >= 0.3 is 12.1 Å². The largest absolute Gasteiger partial charge is 0.495 e. The average molecular weight is 586 g/mol. The lowest BCUT2D eigenvalue weighted by Crippen LogP contribution is -2.46. The van der Waals surface area contributed by atoms with Crippen LogP contribution in [0.1, 0.15) is 36.4 Å². The molecule has 12 heteroatoms. The molecule has 0 amide bonds. The van der Waals surface area contributed by atoms with E-state index in [1.165, 1.54) is 30.2 Å². The molecule has 3 aromatic rings. The van der Waals surface area contributed by atoms with Gasteiger partial charge in [0.1, 0.15) is 23.1 Å². The Balaban J connectivity index is 1.42. The SMILES string of the molecule is COc1ccc(C(F)(F)F)cc1N1C(C2CCN(c3ccc4c(c3)OCO4)CC2)=Nc2c(F)cccc2C1CC(=O)O. The van der Waals surface area contributed by atoms with Gasteiger partial charge in [-0.1, -0.05) is 12.1 Å². The number of carboxylic acid groups (broad SMARTS) is 1. The first-order valence-electron chi connectivity index (χ1n) is 13.4. The first kappa shape index (κ1) is 27.7. The summed E-state index contributed by atoms with van der Waals surface area (Å²) in [6.07, 6.45) is -4.08. The van der Waals surface area contributed by atoms with Gasteiger partial charge in [0, 0.05) is 36.3 Å². The Hall–Kier alpha value is -4.48. The number of rotatable bonds is 6. The molecule has 0 spiro atoms. The van der Waals surface area contributed by atoms with E-state index >= 15 is 4.39 Å². The van der Waals surface area contributed by atoms with Crippen LogP contribution in [0.15, 0.2) is 59.6 Å². The Labute approximate surface area is 238 Å². The van der Waals surface area contributed by atoms with Crippen molar-refractivity contribution in [1.82, 2.24) is 0 Å². The zero-order valence-electron chi connectivity index (χ0n) is 22.5. The van der Waals surface area contributed by atoms with Gasteiger partial charge in [-0.3, -0.25) is 4.79 Å². The fourth-order valence-corrected chi connectivity index (χ4v) is 5.86. The summed E-state index contributed by atoms with van der Waals surface area (Å²) < 4.78 is 73.1. The number of amidine groups is 1. The number of para-hydroxylation sites is 1. The highest BCUT2D eigenvalue weighted by Gasteiger charge is 2.41. The van der Waals surface area contributed by atoms with Crippen LogP contribution in [0.5, 0.6) is 17.2 Å². The summed E-state index contributed by atoms with van der Waals surface area (Å²) in [5, 5.41) is 9.86. The van der Waals surface area contributed by atoms with Gasteiger partial charge < -0.3 is 29.1 Å². The third-order valence-corrected chi connectivity index (χ3v) is 7.88. The van der Waals surface area contributed by atoms with Crippen LogP contribution in [0, 0.1) is 11.7 Å². The van der Waals surface area contributed by atoms with Crippen molar-refractivity contribution in [2.75, 3.05) is 36.8 Å². The lowest BCUT2D eigenvalue weighted by Gasteiger charge is -2.43. The smallest absolute Gasteiger partial charge is 0.416 e. The van der Waals surface area contributed by atoms with E-state index in [4.69, 9.17) is 14.2 Å². The number of aliphatic carboxylic acids is 1. The summed E-state index contributed by atoms with van der Waals surface area (Å²) in [5.41, 5.74) is 0.303. The van der Waals surface area contributed by atoms with Crippen LogP contribution in [0.3, 0.4) is 0 Å². The second kappa shape index (κ2) is 10.7. The van der Waals surface area contributed by atoms with Crippen molar-refractivity contribution in [2.45, 2.75) is 31.5 Å². The van der Waals surface area contributed by atoms with Crippen molar-refractivity contribution in [3.63, 3.8) is 0 Å². The van der Waals surface area contributed by atoms with Crippen molar-refractivity contribution in [1.29, 1.82) is 0 Å². The van der Waals surface area contributed by atoms with E-state index in [1.54, 1.807) is 6.07 Å². The molecule has 220 valence electrons. The minimum atomic E-state index is -4.66. The van der Waals surface area contributed by atoms with Gasteiger partial charge in [-0.05, 0) is 49.2 Å². The van der Waals surface area contributed by atoms with E-state index in [-0.39, 0.29) is 35.4 Å². The number of carbonyl (C=O) groups is 1. The van der Waals surface area contributed by atoms with Crippen molar-refractivity contribution in [2.24, 2.45) is 10.9 Å². The molecule has 1 fully saturated rings. The van der Waals surface area contributed by atoms with Gasteiger partial charge in [-0.25, -0.2) is 9.38 Å². The number of anilines is 2. The highest BCUT2D eigenvalue weighted by Crippen LogP contribution is 2.47. The number of methoxy groups -OCH3 is 1. The molecule has 0 radical (unpaired) electrons. The van der Waals surface area contributed by atoms with Gasteiger partial charge in [0.25, 0.3) is 0 Å². The van der Waals surface area contributed by atoms with E-state index in [0.29, 0.717) is 43.3 Å². The highest BCUT2D eigenvalue weighted by atomic mass is 19.4. The molecule has 1 saturated heterocycles. The van der Waals surface area contributed by atoms with Crippen molar-refractivity contribution >= 4 is 28.9 Å². The molecule has 3 heterocycles. The minimum Gasteiger partial charge on any atom is -0.495 e. The zero-order valence-corrected chi connectivity index (χ0v) is 22.5. The van der Waals surface area contributed by atoms with E-state index < -0.39 is 36.0 Å². The third-order valence-electron chi connectivity index (χ3n) is 7.88. The Kier molecular flexibility index (Phi) is 7.07. The Morgan fingerprint density at radius 2 is 1.83 bits per heavy atom. The van der Waals surface area contributed by atoms with E-state index in [1.807, 2.05) is 18.2 Å². The molecule has 6 rings (SSSR count). The van der Waals surface area contributed by atoms with E-state index in [0.717, 1.165) is 17.8 Å². The standard InChI is InChI=1S/C30H27F4N3O5/c1-40-24-7-5-18(30(32,33)34)13-23(24)37-22(15-27(38)39)20-3-2-4-21(31)28(20)35-29(37)17-9-11-36(12-10-17)19-6-8-25-26(14-19)42-16-41-25/h2-8,13-14,17,22H,9-12,15-16H2,1H3,(H,38,39). The molecule has 3 aliphatic rings. The lowest BCUT2D eigenvalue weighted by molar-refractivity contribution is -0.138. The Bertz CT molecular complexity index is 1550. The lowest BCUT2D eigenvalue weighted by atomic mass is 9.89. The van der Waals surface area contributed by atoms with Crippen LogP contribution in [-0.2, 0) is 11.0 Å². The third kappa shape index (κ3) is 5.05. The number of aliphatic imine (C=N–C) groups is 1. The monoisotopic (exact) mass is 585 g/mol. The van der Waals surface area contributed by atoms with Gasteiger partial charge in [0.15, 0.2) is 11.5 Å². The maximum absolute atomic E-state index is 15.1. The molecule has 3 aromatic carbocycles. The highest BCUT2D eigenvalue weighted by molar-refractivity contribution is 6.05. The molecule has 1 atom stereocenters. The van der Waals surface area contributed by atoms with Crippen LogP contribution >= 0.6 is 0 Å². The maximum atomic E-state index is 15.1. The van der Waals surface area contributed by atoms with Gasteiger partial charge in [0.2, 0.25) is 6.79 Å². The zero-order chi connectivity index (χ0) is 29.6. The molecular weight excluding hydrogens is 558 g/mol. The topological polar surface area (TPSA) is 83.8 Å². The summed E-state index contributed by atoms with van der Waals surface area (Å²) in [6, 6.07) is 11.9. The normalized spacial score (nSPS) is 18.5. The van der Waals surface area contributed by atoms with Gasteiger partial charge in [-0.15, -0.1) is 0 Å². The molecule has 42 heavy (non-hydrogen) atoms. The molecule has 3 aliphatic heterocycles. The predicted octanol–water partition coefficient (Wildman–Crippen LogP) is 6.56. The number of halogens is 4. The molecule has 0 saturated carbocycles. The summed E-state index contributed by atoms with van der Waals surface area (Å²) in [6.45, 7) is 1.31. The quantitative estimate of drug-likeness (QED) is 0.328. The number of alkyl halides is 3. The summed E-state index contributed by atoms with van der Waals surface area (Å²) >= 11 is 0. The van der Waals surface area contributed by atoms with Crippen molar-refractivity contribution < 1.29 is 41.7 Å². The summed E-state index contributed by atoms with van der Waals surface area (Å²) in [4.78, 5) is 20.4. The van der Waals surface area contributed by atoms with Crippen LogP contribution in [-0.4, -0.2) is 43.9 Å². The number of fused-ring (bicyclic) bond motifs is 2. The van der Waals surface area contributed by atoms with Crippen LogP contribution in [0.2, 0.25) is 0 Å². The number of hydrogen-bond acceptors (Lipinski definition) is 7. The molecule has 0 aromatic heterocycles. The number of piperidine rings is 1. The molecular formula is C30H27F4N3O5. The molecule has 0 aliphatic carbocycles. The maximum Gasteiger partial charge on any atom is 0.416 e. The van der Waals surface area contributed by atoms with Gasteiger partial charge in [-0.2, -0.15) is 13.2 Å². The Morgan fingerprint density at radius 1 is 1.07 bits per heavy atom. The van der Waals surface area contributed by atoms with E-state index in [9.17, 15) is 23.1 Å². The number of nitrogens with zero attached hydrogens (tertiary/aromatic N) is 3. The number of benzene rings is 3. The fourth-order valence-electron chi connectivity index (χ4n) is 5.86. The summed E-state index contributed by atoms with van der Waals surface area (Å²) in [7, 11) is 1.33. The Morgan fingerprint density at radius 3 is 2.55 bits per heavy atom. The molecule has 0 bridgehead atoms. The fraction of sp³-hybridized carbons (Fsp3) is 0.333. The first-order valence-corrected chi connectivity index (χ1v) is 13.4. The molecule has 1 N–H and O–H groups in total. The van der Waals surface area contributed by atoms with E-state index in [2.05, 4.69) is 9.89 Å². The minimum absolute atomic E-state index is 0.000793. The van der Waals surface area contributed by atoms with Gasteiger partial charge in [0.05, 0.1) is 30.8 Å². The molecule has 8 nitrogen and oxygen atoms in total. The van der Waals surface area contributed by atoms with Crippen LogP contribution in [0.25, 0.3) is 0 Å². The number of carboxylic acids is 1. The van der Waals surface area contributed by atoms with Crippen molar-refractivity contribution in [3.05, 3.63) is 71.5 Å². The predicted molar refractivity (Wildman–Crippen MR) is 146 cm³/mol. The molecule has 1 unspecified atom stereocenters. The van der Waals surface area contributed by atoms with Crippen LogP contribution < -0.4 is 24.0 Å². The number of hydrogen-bond donors (Lipinski definition) is 1.